The van der Waals surface area contributed by atoms with E-state index in [1.54, 1.807) is 7.11 Å². The van der Waals surface area contributed by atoms with Crippen molar-refractivity contribution in [2.24, 2.45) is 0 Å². The second-order valence-electron chi connectivity index (χ2n) is 3.60. The summed E-state index contributed by atoms with van der Waals surface area (Å²) in [4.78, 5) is 15.6. The summed E-state index contributed by atoms with van der Waals surface area (Å²) in [5.74, 6) is 0. The van der Waals surface area contributed by atoms with Crippen LogP contribution in [0.15, 0.2) is 0 Å². The molecule has 1 fully saturated rings. The Morgan fingerprint density at radius 2 is 1.93 bits per heavy atom. The molecule has 0 aromatic carbocycles. The Morgan fingerprint density at radius 3 is 2.50 bits per heavy atom. The normalized spacial score (nSPS) is 17.7. The molecular weight excluding hydrogens is 180 g/mol. The SMILES string of the molecule is CCCN1CCCN(CCOC)C1=O. The van der Waals surface area contributed by atoms with Gasteiger partial charge < -0.3 is 14.5 Å². The third-order valence-electron chi connectivity index (χ3n) is 2.46. The molecule has 82 valence electrons. The fourth-order valence-electron chi connectivity index (χ4n) is 1.73. The summed E-state index contributed by atoms with van der Waals surface area (Å²) >= 11 is 0. The Morgan fingerprint density at radius 1 is 1.29 bits per heavy atom. The van der Waals surface area contributed by atoms with Gasteiger partial charge in [0.1, 0.15) is 0 Å². The lowest BCUT2D eigenvalue weighted by Gasteiger charge is -2.35. The number of ether oxygens (including phenoxy) is 1. The van der Waals surface area contributed by atoms with Crippen molar-refractivity contribution in [1.82, 2.24) is 9.80 Å². The van der Waals surface area contributed by atoms with E-state index in [4.69, 9.17) is 4.74 Å². The highest BCUT2D eigenvalue weighted by atomic mass is 16.5. The van der Waals surface area contributed by atoms with E-state index in [9.17, 15) is 4.79 Å². The molecule has 1 aliphatic heterocycles. The first kappa shape index (κ1) is 11.3. The number of nitrogens with zero attached hydrogens (tertiary/aromatic N) is 2. The number of hydrogen-bond acceptors (Lipinski definition) is 2. The van der Waals surface area contributed by atoms with Gasteiger partial charge in [0.05, 0.1) is 6.61 Å². The number of amides is 2. The molecule has 0 unspecified atom stereocenters. The minimum Gasteiger partial charge on any atom is -0.383 e. The van der Waals surface area contributed by atoms with E-state index in [0.717, 1.165) is 39.0 Å². The van der Waals surface area contributed by atoms with Crippen LogP contribution in [-0.2, 0) is 4.74 Å². The molecule has 14 heavy (non-hydrogen) atoms. The van der Waals surface area contributed by atoms with Gasteiger partial charge in [0.2, 0.25) is 0 Å². The number of urea groups is 1. The highest BCUT2D eigenvalue weighted by Gasteiger charge is 2.23. The lowest BCUT2D eigenvalue weighted by Crippen LogP contribution is -2.50. The molecule has 0 N–H and O–H groups in total. The summed E-state index contributed by atoms with van der Waals surface area (Å²) in [5, 5.41) is 0. The van der Waals surface area contributed by atoms with Crippen molar-refractivity contribution in [2.75, 3.05) is 39.9 Å². The molecule has 0 aromatic rings. The van der Waals surface area contributed by atoms with Crippen LogP contribution in [0.4, 0.5) is 4.79 Å². The van der Waals surface area contributed by atoms with Gasteiger partial charge in [-0.3, -0.25) is 0 Å². The van der Waals surface area contributed by atoms with Crippen LogP contribution < -0.4 is 0 Å². The van der Waals surface area contributed by atoms with Gasteiger partial charge in [0.25, 0.3) is 0 Å². The first-order valence-corrected chi connectivity index (χ1v) is 5.32. The molecule has 0 aliphatic carbocycles. The summed E-state index contributed by atoms with van der Waals surface area (Å²) < 4.78 is 4.98. The predicted molar refractivity (Wildman–Crippen MR) is 55.3 cm³/mol. The zero-order valence-corrected chi connectivity index (χ0v) is 9.16. The largest absolute Gasteiger partial charge is 0.383 e. The molecule has 4 nitrogen and oxygen atoms in total. The molecule has 0 radical (unpaired) electrons. The fourth-order valence-corrected chi connectivity index (χ4v) is 1.73. The maximum absolute atomic E-state index is 11.8. The van der Waals surface area contributed by atoms with E-state index >= 15 is 0 Å². The molecule has 0 aromatic heterocycles. The van der Waals surface area contributed by atoms with E-state index in [1.807, 2.05) is 9.80 Å². The zero-order chi connectivity index (χ0) is 10.4. The van der Waals surface area contributed by atoms with Gasteiger partial charge in [-0.15, -0.1) is 0 Å². The summed E-state index contributed by atoms with van der Waals surface area (Å²) in [6.45, 7) is 6.11. The van der Waals surface area contributed by atoms with Crippen molar-refractivity contribution < 1.29 is 9.53 Å². The number of carbonyl (C=O) groups excluding carboxylic acids is 1. The van der Waals surface area contributed by atoms with Crippen LogP contribution in [0.3, 0.4) is 0 Å². The van der Waals surface area contributed by atoms with Crippen LogP contribution in [0.2, 0.25) is 0 Å². The number of carbonyl (C=O) groups is 1. The van der Waals surface area contributed by atoms with E-state index < -0.39 is 0 Å². The van der Waals surface area contributed by atoms with Crippen molar-refractivity contribution >= 4 is 6.03 Å². The second kappa shape index (κ2) is 5.86. The molecular formula is C10H20N2O2. The first-order chi connectivity index (χ1) is 6.79. The van der Waals surface area contributed by atoms with Crippen LogP contribution in [-0.4, -0.2) is 55.7 Å². The Bertz CT molecular complexity index is 183. The van der Waals surface area contributed by atoms with Crippen LogP contribution >= 0.6 is 0 Å². The predicted octanol–water partition coefficient (Wildman–Crippen LogP) is 1.17. The minimum absolute atomic E-state index is 0.176. The smallest absolute Gasteiger partial charge is 0.320 e. The van der Waals surface area contributed by atoms with Gasteiger partial charge >= 0.3 is 6.03 Å². The van der Waals surface area contributed by atoms with E-state index in [0.29, 0.717) is 6.61 Å². The lowest BCUT2D eigenvalue weighted by molar-refractivity contribution is 0.106. The van der Waals surface area contributed by atoms with Crippen LogP contribution in [0.1, 0.15) is 19.8 Å². The van der Waals surface area contributed by atoms with E-state index in [2.05, 4.69) is 6.92 Å². The molecule has 0 saturated carbocycles. The molecule has 1 aliphatic rings. The number of methoxy groups -OCH3 is 1. The fraction of sp³-hybridized carbons (Fsp3) is 0.900. The Hall–Kier alpha value is -0.770. The quantitative estimate of drug-likeness (QED) is 0.667. The third kappa shape index (κ3) is 2.87. The summed E-state index contributed by atoms with van der Waals surface area (Å²) in [5.41, 5.74) is 0. The highest BCUT2D eigenvalue weighted by Crippen LogP contribution is 2.09. The number of hydrogen-bond donors (Lipinski definition) is 0. The van der Waals surface area contributed by atoms with Gasteiger partial charge in [-0.1, -0.05) is 6.92 Å². The van der Waals surface area contributed by atoms with Crippen molar-refractivity contribution in [2.45, 2.75) is 19.8 Å². The average molecular weight is 200 g/mol. The third-order valence-corrected chi connectivity index (χ3v) is 2.46. The molecule has 1 rings (SSSR count). The maximum atomic E-state index is 11.8. The van der Waals surface area contributed by atoms with E-state index in [1.165, 1.54) is 0 Å². The molecule has 2 amide bonds. The van der Waals surface area contributed by atoms with Gasteiger partial charge in [-0.25, -0.2) is 4.79 Å². The van der Waals surface area contributed by atoms with Crippen LogP contribution in [0.5, 0.6) is 0 Å². The Labute approximate surface area is 85.8 Å². The standard InChI is InChI=1S/C10H20N2O2/c1-3-5-11-6-4-7-12(10(11)13)8-9-14-2/h3-9H2,1-2H3. The topological polar surface area (TPSA) is 32.8 Å². The lowest BCUT2D eigenvalue weighted by atomic mass is 10.2. The highest BCUT2D eigenvalue weighted by molar-refractivity contribution is 5.75. The molecule has 1 heterocycles. The summed E-state index contributed by atoms with van der Waals surface area (Å²) in [7, 11) is 1.66. The van der Waals surface area contributed by atoms with Gasteiger partial charge in [0, 0.05) is 33.3 Å². The first-order valence-electron chi connectivity index (χ1n) is 5.32. The molecule has 0 spiro atoms. The van der Waals surface area contributed by atoms with Crippen molar-refractivity contribution in [3.8, 4) is 0 Å². The molecule has 4 heteroatoms. The Kier molecular flexibility index (Phi) is 4.73. The van der Waals surface area contributed by atoms with Crippen molar-refractivity contribution in [3.63, 3.8) is 0 Å². The molecule has 0 atom stereocenters. The average Bonchev–Trinajstić information content (AvgIpc) is 2.20. The van der Waals surface area contributed by atoms with Gasteiger partial charge in [0.15, 0.2) is 0 Å². The van der Waals surface area contributed by atoms with Gasteiger partial charge in [-0.2, -0.15) is 0 Å². The number of rotatable bonds is 5. The second-order valence-corrected chi connectivity index (χ2v) is 3.60. The monoisotopic (exact) mass is 200 g/mol. The van der Waals surface area contributed by atoms with Crippen LogP contribution in [0.25, 0.3) is 0 Å². The minimum atomic E-state index is 0.176. The van der Waals surface area contributed by atoms with Crippen molar-refractivity contribution in [3.05, 3.63) is 0 Å². The molecule has 1 saturated heterocycles. The Balaban J connectivity index is 2.40. The molecule has 0 bridgehead atoms. The van der Waals surface area contributed by atoms with Crippen molar-refractivity contribution in [1.29, 1.82) is 0 Å². The zero-order valence-electron chi connectivity index (χ0n) is 9.16. The summed E-state index contributed by atoms with van der Waals surface area (Å²) in [6.07, 6.45) is 2.11. The summed E-state index contributed by atoms with van der Waals surface area (Å²) in [6, 6.07) is 0.176. The van der Waals surface area contributed by atoms with Crippen LogP contribution in [0, 0.1) is 0 Å². The van der Waals surface area contributed by atoms with E-state index in [-0.39, 0.29) is 6.03 Å². The van der Waals surface area contributed by atoms with Gasteiger partial charge in [-0.05, 0) is 12.8 Å². The maximum Gasteiger partial charge on any atom is 0.320 e.